The molecule has 0 aliphatic carbocycles. The molecular formula is C10H6F5N5O2S. The van der Waals surface area contributed by atoms with Crippen LogP contribution in [0.25, 0.3) is 11.3 Å². The molecule has 3 rings (SSSR count). The number of nitrogens with zero attached hydrogens (tertiary/aromatic N) is 3. The molecule has 0 atom stereocenters. The summed E-state index contributed by atoms with van der Waals surface area (Å²) in [5.41, 5.74) is -0.859. The van der Waals surface area contributed by atoms with Crippen LogP contribution in [0.1, 0.15) is 0 Å². The highest BCUT2D eigenvalue weighted by Gasteiger charge is 2.65. The van der Waals surface area contributed by atoms with Gasteiger partial charge < -0.3 is 5.32 Å². The first-order valence-electron chi connectivity index (χ1n) is 5.76. The van der Waals surface area contributed by atoms with E-state index in [2.05, 4.69) is 30.2 Å². The molecule has 3 aromatic rings. The summed E-state index contributed by atoms with van der Waals surface area (Å²) in [5.74, 6) is -0.312. The van der Waals surface area contributed by atoms with E-state index in [0.29, 0.717) is 0 Å². The Balaban J connectivity index is 1.94. The van der Waals surface area contributed by atoms with E-state index in [1.807, 2.05) is 0 Å². The quantitative estimate of drug-likeness (QED) is 0.695. The van der Waals surface area contributed by atoms with Gasteiger partial charge in [0.25, 0.3) is 5.56 Å². The van der Waals surface area contributed by atoms with Gasteiger partial charge in [0.05, 0.1) is 0 Å². The molecule has 0 aliphatic rings. The van der Waals surface area contributed by atoms with E-state index in [1.54, 1.807) is 0 Å². The van der Waals surface area contributed by atoms with Crippen LogP contribution in [0.2, 0.25) is 0 Å². The molecule has 23 heavy (non-hydrogen) atoms. The normalized spacial score (nSPS) is 15.2. The number of halogens is 5. The Morgan fingerprint density at radius 2 is 1.70 bits per heavy atom. The van der Waals surface area contributed by atoms with Gasteiger partial charge in [-0.25, -0.2) is 4.63 Å². The molecule has 0 unspecified atom stereocenters. The zero-order valence-corrected chi connectivity index (χ0v) is 11.6. The number of hydrogen-bond acceptors (Lipinski definition) is 6. The third-order valence-electron chi connectivity index (χ3n) is 2.70. The van der Waals surface area contributed by atoms with E-state index in [-0.39, 0.29) is 34.9 Å². The maximum Gasteiger partial charge on any atom is 0.310 e. The van der Waals surface area contributed by atoms with Crippen molar-refractivity contribution in [1.82, 2.24) is 20.3 Å². The lowest BCUT2D eigenvalue weighted by Crippen LogP contribution is -2.14. The molecule has 2 heterocycles. The molecule has 0 amide bonds. The van der Waals surface area contributed by atoms with Crippen LogP contribution in [0.15, 0.2) is 38.6 Å². The predicted molar refractivity (Wildman–Crippen MR) is 71.3 cm³/mol. The Hall–Kier alpha value is -2.70. The average Bonchev–Trinajstić information content (AvgIpc) is 2.84. The number of rotatable bonds is 3. The van der Waals surface area contributed by atoms with E-state index >= 15 is 0 Å². The van der Waals surface area contributed by atoms with Gasteiger partial charge in [-0.2, -0.15) is 4.98 Å². The first kappa shape index (κ1) is 15.2. The molecule has 0 aliphatic heterocycles. The van der Waals surface area contributed by atoms with Gasteiger partial charge in [0.2, 0.25) is 11.3 Å². The number of hydrogen-bond donors (Lipinski definition) is 2. The fourth-order valence-corrected chi connectivity index (χ4v) is 2.33. The predicted octanol–water partition coefficient (Wildman–Crippen LogP) is 3.71. The summed E-state index contributed by atoms with van der Waals surface area (Å²) in [6, 6.07) is 1.93. The number of anilines is 2. The number of nitrogens with one attached hydrogen (secondary N) is 2. The van der Waals surface area contributed by atoms with Crippen molar-refractivity contribution in [2.45, 2.75) is 4.90 Å². The van der Waals surface area contributed by atoms with Crippen molar-refractivity contribution in [2.24, 2.45) is 0 Å². The molecule has 0 fully saturated rings. The van der Waals surface area contributed by atoms with Gasteiger partial charge in [-0.1, -0.05) is 19.4 Å². The van der Waals surface area contributed by atoms with Gasteiger partial charge in [0.15, 0.2) is 5.82 Å². The number of H-pyrrole nitrogens is 1. The van der Waals surface area contributed by atoms with E-state index in [9.17, 15) is 24.2 Å². The van der Waals surface area contributed by atoms with Crippen molar-refractivity contribution in [3.63, 3.8) is 0 Å². The first-order valence-corrected chi connectivity index (χ1v) is 7.71. The van der Waals surface area contributed by atoms with Crippen LogP contribution in [0.4, 0.5) is 30.9 Å². The Bertz CT molecular complexity index is 950. The summed E-state index contributed by atoms with van der Waals surface area (Å²) < 4.78 is 67.3. The maximum atomic E-state index is 12.6. The Kier molecular flexibility index (Phi) is 2.63. The van der Waals surface area contributed by atoms with Crippen LogP contribution in [-0.2, 0) is 0 Å². The lowest BCUT2D eigenvalue weighted by atomic mass is 10.3. The van der Waals surface area contributed by atoms with Gasteiger partial charge in [-0.15, -0.1) is 0 Å². The zero-order valence-electron chi connectivity index (χ0n) is 10.8. The first-order chi connectivity index (χ1) is 10.4. The molecule has 0 saturated heterocycles. The maximum absolute atomic E-state index is 12.6. The number of benzene rings is 1. The minimum absolute atomic E-state index is 0.0168. The fourth-order valence-electron chi connectivity index (χ4n) is 1.68. The van der Waals surface area contributed by atoms with E-state index in [1.165, 1.54) is 0 Å². The molecule has 0 radical (unpaired) electrons. The van der Waals surface area contributed by atoms with Crippen LogP contribution in [0, 0.1) is 0 Å². The highest BCUT2D eigenvalue weighted by Crippen LogP contribution is 3.02. The Morgan fingerprint density at radius 1 is 1.04 bits per heavy atom. The summed E-state index contributed by atoms with van der Waals surface area (Å²) in [4.78, 5) is 15.7. The summed E-state index contributed by atoms with van der Waals surface area (Å²) in [5, 5.41) is 9.12. The standard InChI is InChI=1S/C10H6F5N5O2S/c11-23(12,13,14,15)6-3-1-5(2-4-6)16-9-10(21)18-8-7(17-9)19-22-20-8/h1-4H,(H,16,17,19)(H,18,20,21). The van der Waals surface area contributed by atoms with Crippen LogP contribution in [-0.4, -0.2) is 20.3 Å². The Labute approximate surface area is 123 Å². The minimum atomic E-state index is -9.73. The summed E-state index contributed by atoms with van der Waals surface area (Å²) in [7, 11) is -9.73. The minimum Gasteiger partial charge on any atom is -0.336 e. The van der Waals surface area contributed by atoms with Crippen molar-refractivity contribution in [2.75, 3.05) is 5.32 Å². The lowest BCUT2D eigenvalue weighted by molar-refractivity contribution is 0.314. The molecule has 0 bridgehead atoms. The average molecular weight is 355 g/mol. The van der Waals surface area contributed by atoms with Crippen molar-refractivity contribution in [3.8, 4) is 0 Å². The van der Waals surface area contributed by atoms with Crippen LogP contribution in [0.3, 0.4) is 0 Å². The molecule has 0 saturated carbocycles. The second-order valence-electron chi connectivity index (χ2n) is 4.47. The summed E-state index contributed by atoms with van der Waals surface area (Å²) in [6.07, 6.45) is 0. The lowest BCUT2D eigenvalue weighted by Gasteiger charge is -2.40. The molecular weight excluding hydrogens is 349 g/mol. The molecule has 13 heteroatoms. The summed E-state index contributed by atoms with van der Waals surface area (Å²) in [6.45, 7) is 0. The van der Waals surface area contributed by atoms with Gasteiger partial charge in [-0.05, 0) is 34.6 Å². The SMILES string of the molecule is O=c1[nH]c2nonc2nc1Nc1ccc(S(F)(F)(F)(F)F)cc1. The third kappa shape index (κ3) is 3.08. The van der Waals surface area contributed by atoms with Crippen molar-refractivity contribution >= 4 is 33.0 Å². The van der Waals surface area contributed by atoms with Gasteiger partial charge in [0.1, 0.15) is 4.90 Å². The van der Waals surface area contributed by atoms with Crippen LogP contribution < -0.4 is 10.9 Å². The van der Waals surface area contributed by atoms with Gasteiger partial charge in [0, 0.05) is 5.69 Å². The highest BCUT2D eigenvalue weighted by molar-refractivity contribution is 8.45. The zero-order chi connectivity index (χ0) is 16.9. The van der Waals surface area contributed by atoms with Gasteiger partial charge >= 0.3 is 10.2 Å². The highest BCUT2D eigenvalue weighted by atomic mass is 32.5. The number of aromatic nitrogens is 4. The van der Waals surface area contributed by atoms with E-state index < -0.39 is 20.7 Å². The number of aromatic amines is 1. The molecule has 0 spiro atoms. The van der Waals surface area contributed by atoms with Crippen molar-refractivity contribution in [1.29, 1.82) is 0 Å². The monoisotopic (exact) mass is 355 g/mol. The van der Waals surface area contributed by atoms with Crippen LogP contribution >= 0.6 is 10.2 Å². The fraction of sp³-hybridized carbons (Fsp3) is 0. The molecule has 1 aromatic carbocycles. The molecule has 7 nitrogen and oxygen atoms in total. The van der Waals surface area contributed by atoms with Crippen molar-refractivity contribution in [3.05, 3.63) is 34.6 Å². The van der Waals surface area contributed by atoms with Crippen molar-refractivity contribution < 1.29 is 24.1 Å². The second kappa shape index (κ2) is 3.98. The van der Waals surface area contributed by atoms with Crippen LogP contribution in [0.5, 0.6) is 0 Å². The third-order valence-corrected chi connectivity index (χ3v) is 3.86. The molecule has 2 aromatic heterocycles. The van der Waals surface area contributed by atoms with Gasteiger partial charge in [-0.3, -0.25) is 9.78 Å². The molecule has 2 N–H and O–H groups in total. The molecule has 124 valence electrons. The summed E-state index contributed by atoms with van der Waals surface area (Å²) >= 11 is 0. The smallest absolute Gasteiger partial charge is 0.310 e. The second-order valence-corrected chi connectivity index (χ2v) is 6.88. The number of fused-ring (bicyclic) bond motifs is 1. The largest absolute Gasteiger partial charge is 0.336 e. The van der Waals surface area contributed by atoms with E-state index in [4.69, 9.17) is 0 Å². The van der Waals surface area contributed by atoms with E-state index in [0.717, 1.165) is 12.1 Å². The topological polar surface area (TPSA) is 96.7 Å². The Morgan fingerprint density at radius 3 is 2.30 bits per heavy atom.